The molecule has 2 unspecified atom stereocenters. The first-order valence-electron chi connectivity index (χ1n) is 6.88. The minimum Gasteiger partial charge on any atom is -0.351 e. The van der Waals surface area contributed by atoms with Crippen molar-refractivity contribution in [3.63, 3.8) is 0 Å². The number of sulfone groups is 1. The number of nitrogens with one attached hydrogen (secondary N) is 2. The average molecular weight is 289 g/mol. The predicted molar refractivity (Wildman–Crippen MR) is 73.7 cm³/mol. The molecule has 6 nitrogen and oxygen atoms in total. The standard InChI is InChI=1S/C12H23N3O3S/c1-13-7-11-3-2-5-15(11)8-12(16)14-10-4-6-19(17,18)9-10/h10-11,13H,2-9H2,1H3,(H,14,16). The lowest BCUT2D eigenvalue weighted by molar-refractivity contribution is -0.123. The van der Waals surface area contributed by atoms with E-state index in [1.54, 1.807) is 0 Å². The maximum atomic E-state index is 11.9. The fourth-order valence-corrected chi connectivity index (χ4v) is 4.61. The lowest BCUT2D eigenvalue weighted by Gasteiger charge is -2.24. The lowest BCUT2D eigenvalue weighted by atomic mass is 10.2. The van der Waals surface area contributed by atoms with E-state index in [2.05, 4.69) is 15.5 Å². The van der Waals surface area contributed by atoms with Crippen molar-refractivity contribution in [2.45, 2.75) is 31.3 Å². The molecule has 2 rings (SSSR count). The molecule has 2 heterocycles. The number of hydrogen-bond donors (Lipinski definition) is 2. The van der Waals surface area contributed by atoms with Crippen LogP contribution in [0.3, 0.4) is 0 Å². The number of rotatable bonds is 5. The Morgan fingerprint density at radius 3 is 2.79 bits per heavy atom. The van der Waals surface area contributed by atoms with Gasteiger partial charge in [0.15, 0.2) is 9.84 Å². The van der Waals surface area contributed by atoms with E-state index in [4.69, 9.17) is 0 Å². The summed E-state index contributed by atoms with van der Waals surface area (Å²) in [6.07, 6.45) is 2.79. The Morgan fingerprint density at radius 2 is 2.16 bits per heavy atom. The van der Waals surface area contributed by atoms with Gasteiger partial charge in [-0.05, 0) is 32.9 Å². The number of likely N-dealkylation sites (N-methyl/N-ethyl adjacent to an activating group) is 1. The molecule has 0 spiro atoms. The van der Waals surface area contributed by atoms with Gasteiger partial charge in [0, 0.05) is 18.6 Å². The zero-order valence-electron chi connectivity index (χ0n) is 11.4. The molecule has 1 amide bonds. The van der Waals surface area contributed by atoms with Crippen molar-refractivity contribution >= 4 is 15.7 Å². The molecule has 2 saturated heterocycles. The van der Waals surface area contributed by atoms with Gasteiger partial charge in [-0.15, -0.1) is 0 Å². The van der Waals surface area contributed by atoms with Gasteiger partial charge in [0.05, 0.1) is 18.1 Å². The maximum absolute atomic E-state index is 11.9. The van der Waals surface area contributed by atoms with Crippen molar-refractivity contribution < 1.29 is 13.2 Å². The fourth-order valence-electron chi connectivity index (χ4n) is 2.94. The van der Waals surface area contributed by atoms with Crippen LogP contribution in [0.2, 0.25) is 0 Å². The average Bonchev–Trinajstić information content (AvgIpc) is 2.87. The van der Waals surface area contributed by atoms with E-state index in [0.29, 0.717) is 19.0 Å². The second-order valence-corrected chi connectivity index (χ2v) is 7.72. The second-order valence-electron chi connectivity index (χ2n) is 5.49. The Balaban J connectivity index is 1.78. The molecule has 0 aliphatic carbocycles. The molecule has 0 saturated carbocycles. The molecule has 19 heavy (non-hydrogen) atoms. The SMILES string of the molecule is CNCC1CCCN1CC(=O)NC1CCS(=O)(=O)C1. The van der Waals surface area contributed by atoms with Crippen LogP contribution in [0, 0.1) is 0 Å². The minimum absolute atomic E-state index is 0.0508. The van der Waals surface area contributed by atoms with Gasteiger partial charge >= 0.3 is 0 Å². The van der Waals surface area contributed by atoms with Crippen LogP contribution in [0.5, 0.6) is 0 Å². The molecule has 0 aromatic rings. The van der Waals surface area contributed by atoms with Gasteiger partial charge in [-0.25, -0.2) is 8.42 Å². The predicted octanol–water partition coefficient (Wildman–Crippen LogP) is -1.03. The second kappa shape index (κ2) is 6.19. The van der Waals surface area contributed by atoms with Gasteiger partial charge in [-0.2, -0.15) is 0 Å². The quantitative estimate of drug-likeness (QED) is 0.677. The summed E-state index contributed by atoms with van der Waals surface area (Å²) in [7, 11) is -1.01. The van der Waals surface area contributed by atoms with Crippen LogP contribution in [-0.4, -0.2) is 69.5 Å². The molecule has 2 N–H and O–H groups in total. The summed E-state index contributed by atoms with van der Waals surface area (Å²) < 4.78 is 22.7. The highest BCUT2D eigenvalue weighted by Crippen LogP contribution is 2.16. The van der Waals surface area contributed by atoms with Crippen LogP contribution in [0.25, 0.3) is 0 Å². The van der Waals surface area contributed by atoms with Gasteiger partial charge in [-0.1, -0.05) is 0 Å². The van der Waals surface area contributed by atoms with Crippen LogP contribution in [0.4, 0.5) is 0 Å². The summed E-state index contributed by atoms with van der Waals surface area (Å²) in [6.45, 7) is 2.22. The monoisotopic (exact) mass is 289 g/mol. The first-order valence-corrected chi connectivity index (χ1v) is 8.71. The third-order valence-corrected chi connectivity index (χ3v) is 5.65. The number of likely N-dealkylation sites (tertiary alicyclic amines) is 1. The number of carbonyl (C=O) groups is 1. The fraction of sp³-hybridized carbons (Fsp3) is 0.917. The highest BCUT2D eigenvalue weighted by Gasteiger charge is 2.30. The first-order chi connectivity index (χ1) is 9.00. The van der Waals surface area contributed by atoms with Crippen LogP contribution < -0.4 is 10.6 Å². The maximum Gasteiger partial charge on any atom is 0.234 e. The number of nitrogens with zero attached hydrogens (tertiary/aromatic N) is 1. The molecule has 0 aromatic carbocycles. The topological polar surface area (TPSA) is 78.5 Å². The molecular weight excluding hydrogens is 266 g/mol. The molecule has 2 aliphatic heterocycles. The molecule has 2 fully saturated rings. The number of hydrogen-bond acceptors (Lipinski definition) is 5. The summed E-state index contributed by atoms with van der Waals surface area (Å²) >= 11 is 0. The van der Waals surface area contributed by atoms with Crippen LogP contribution in [0.15, 0.2) is 0 Å². The normalized spacial score (nSPS) is 30.6. The van der Waals surface area contributed by atoms with Gasteiger partial charge < -0.3 is 10.6 Å². The summed E-state index contributed by atoms with van der Waals surface area (Å²) in [4.78, 5) is 14.1. The van der Waals surface area contributed by atoms with Gasteiger partial charge in [0.1, 0.15) is 0 Å². The summed E-state index contributed by atoms with van der Waals surface area (Å²) in [5.74, 6) is 0.244. The summed E-state index contributed by atoms with van der Waals surface area (Å²) in [5, 5.41) is 5.99. The Morgan fingerprint density at radius 1 is 1.37 bits per heavy atom. The van der Waals surface area contributed by atoms with Crippen molar-refractivity contribution in [2.24, 2.45) is 0 Å². The molecule has 0 radical (unpaired) electrons. The van der Waals surface area contributed by atoms with Gasteiger partial charge in [-0.3, -0.25) is 9.69 Å². The lowest BCUT2D eigenvalue weighted by Crippen LogP contribution is -2.46. The first kappa shape index (κ1) is 14.7. The van der Waals surface area contributed by atoms with Crippen molar-refractivity contribution in [1.29, 1.82) is 0 Å². The van der Waals surface area contributed by atoms with E-state index in [-0.39, 0.29) is 23.5 Å². The molecule has 2 atom stereocenters. The molecule has 2 aliphatic rings. The van der Waals surface area contributed by atoms with E-state index in [9.17, 15) is 13.2 Å². The Hall–Kier alpha value is -0.660. The van der Waals surface area contributed by atoms with E-state index in [1.165, 1.54) is 0 Å². The van der Waals surface area contributed by atoms with Crippen molar-refractivity contribution in [2.75, 3.05) is 38.2 Å². The highest BCUT2D eigenvalue weighted by atomic mass is 32.2. The van der Waals surface area contributed by atoms with E-state index < -0.39 is 9.84 Å². The number of carbonyl (C=O) groups excluding carboxylic acids is 1. The minimum atomic E-state index is -2.93. The van der Waals surface area contributed by atoms with Crippen molar-refractivity contribution in [3.05, 3.63) is 0 Å². The summed E-state index contributed by atoms with van der Waals surface area (Å²) in [6, 6.07) is 0.228. The third kappa shape index (κ3) is 4.15. The van der Waals surface area contributed by atoms with Gasteiger partial charge in [0.2, 0.25) is 5.91 Å². The van der Waals surface area contributed by atoms with Crippen molar-refractivity contribution in [1.82, 2.24) is 15.5 Å². The zero-order chi connectivity index (χ0) is 13.9. The van der Waals surface area contributed by atoms with Crippen LogP contribution in [-0.2, 0) is 14.6 Å². The van der Waals surface area contributed by atoms with Crippen LogP contribution in [0.1, 0.15) is 19.3 Å². The Bertz CT molecular complexity index is 424. The molecular formula is C12H23N3O3S. The van der Waals surface area contributed by atoms with Gasteiger partial charge in [0.25, 0.3) is 0 Å². The smallest absolute Gasteiger partial charge is 0.234 e. The molecule has 0 aromatic heterocycles. The number of amides is 1. The Kier molecular flexibility index (Phi) is 4.81. The van der Waals surface area contributed by atoms with Crippen LogP contribution >= 0.6 is 0 Å². The van der Waals surface area contributed by atoms with E-state index >= 15 is 0 Å². The van der Waals surface area contributed by atoms with E-state index in [0.717, 1.165) is 25.9 Å². The molecule has 110 valence electrons. The molecule has 0 bridgehead atoms. The third-order valence-electron chi connectivity index (χ3n) is 3.88. The largest absolute Gasteiger partial charge is 0.351 e. The Labute approximate surface area is 114 Å². The van der Waals surface area contributed by atoms with Crippen molar-refractivity contribution in [3.8, 4) is 0 Å². The highest BCUT2D eigenvalue weighted by molar-refractivity contribution is 7.91. The van der Waals surface area contributed by atoms with E-state index in [1.807, 2.05) is 7.05 Å². The molecule has 7 heteroatoms. The summed E-state index contributed by atoms with van der Waals surface area (Å²) in [5.41, 5.74) is 0. The zero-order valence-corrected chi connectivity index (χ0v) is 12.2.